The number of methoxy groups -OCH3 is 1. The van der Waals surface area contributed by atoms with E-state index in [1.165, 1.54) is 4.80 Å². The van der Waals surface area contributed by atoms with E-state index in [4.69, 9.17) is 4.74 Å². The lowest BCUT2D eigenvalue weighted by atomic mass is 10.2. The zero-order valence-electron chi connectivity index (χ0n) is 13.5. The van der Waals surface area contributed by atoms with Crippen LogP contribution in [0.4, 0.5) is 5.69 Å². The SMILES string of the molecule is COc1ccc(-c2nnn(CC(=O)N(C)c3ccccc3)n2)cc1. The highest BCUT2D eigenvalue weighted by atomic mass is 16.5. The molecule has 0 saturated heterocycles. The van der Waals surface area contributed by atoms with Gasteiger partial charge in [0, 0.05) is 18.3 Å². The van der Waals surface area contributed by atoms with Gasteiger partial charge in [-0.1, -0.05) is 18.2 Å². The molecule has 0 aliphatic rings. The van der Waals surface area contributed by atoms with Gasteiger partial charge in [0.1, 0.15) is 12.3 Å². The number of hydrogen-bond donors (Lipinski definition) is 0. The van der Waals surface area contributed by atoms with E-state index >= 15 is 0 Å². The fourth-order valence-corrected chi connectivity index (χ4v) is 2.19. The van der Waals surface area contributed by atoms with Crippen molar-refractivity contribution in [3.05, 3.63) is 54.6 Å². The molecule has 0 fully saturated rings. The molecule has 7 nitrogen and oxygen atoms in total. The topological polar surface area (TPSA) is 73.1 Å². The molecule has 0 atom stereocenters. The summed E-state index contributed by atoms with van der Waals surface area (Å²) in [7, 11) is 3.33. The fourth-order valence-electron chi connectivity index (χ4n) is 2.19. The van der Waals surface area contributed by atoms with Gasteiger partial charge in [-0.15, -0.1) is 10.2 Å². The first-order chi connectivity index (χ1) is 11.7. The first-order valence-electron chi connectivity index (χ1n) is 7.41. The summed E-state index contributed by atoms with van der Waals surface area (Å²) < 4.78 is 5.12. The van der Waals surface area contributed by atoms with Crippen LogP contribution in [0.15, 0.2) is 54.6 Å². The van der Waals surface area contributed by atoms with Crippen LogP contribution in [0.2, 0.25) is 0 Å². The summed E-state index contributed by atoms with van der Waals surface area (Å²) in [5, 5.41) is 12.2. The van der Waals surface area contributed by atoms with Crippen LogP contribution in [0.1, 0.15) is 0 Å². The van der Waals surface area contributed by atoms with E-state index in [-0.39, 0.29) is 12.5 Å². The van der Waals surface area contributed by atoms with Crippen molar-refractivity contribution >= 4 is 11.6 Å². The highest BCUT2D eigenvalue weighted by Gasteiger charge is 2.14. The third kappa shape index (κ3) is 3.40. The number of carbonyl (C=O) groups excluding carboxylic acids is 1. The number of hydrogen-bond acceptors (Lipinski definition) is 5. The zero-order valence-corrected chi connectivity index (χ0v) is 13.5. The van der Waals surface area contributed by atoms with Crippen LogP contribution in [0.25, 0.3) is 11.4 Å². The van der Waals surface area contributed by atoms with Crippen molar-refractivity contribution in [2.45, 2.75) is 6.54 Å². The minimum atomic E-state index is -0.125. The Morgan fingerprint density at radius 2 is 1.83 bits per heavy atom. The average molecular weight is 323 g/mol. The summed E-state index contributed by atoms with van der Waals surface area (Å²) >= 11 is 0. The van der Waals surface area contributed by atoms with Crippen LogP contribution in [-0.2, 0) is 11.3 Å². The molecular weight excluding hydrogens is 306 g/mol. The van der Waals surface area contributed by atoms with Gasteiger partial charge in [-0.25, -0.2) is 0 Å². The van der Waals surface area contributed by atoms with Crippen molar-refractivity contribution in [2.24, 2.45) is 0 Å². The zero-order chi connectivity index (χ0) is 16.9. The number of nitrogens with zero attached hydrogens (tertiary/aromatic N) is 5. The van der Waals surface area contributed by atoms with Crippen LogP contribution in [0.3, 0.4) is 0 Å². The van der Waals surface area contributed by atoms with Crippen molar-refractivity contribution in [1.82, 2.24) is 20.2 Å². The monoisotopic (exact) mass is 323 g/mol. The molecule has 1 heterocycles. The van der Waals surface area contributed by atoms with Gasteiger partial charge < -0.3 is 9.64 Å². The minimum absolute atomic E-state index is 0.0224. The molecule has 3 rings (SSSR count). The maximum Gasteiger partial charge on any atom is 0.250 e. The number of benzene rings is 2. The van der Waals surface area contributed by atoms with Crippen molar-refractivity contribution in [3.63, 3.8) is 0 Å². The number of aromatic nitrogens is 4. The predicted octanol–water partition coefficient (Wildman–Crippen LogP) is 2.01. The summed E-state index contributed by atoms with van der Waals surface area (Å²) in [5.41, 5.74) is 1.63. The molecule has 0 spiro atoms. The molecular formula is C17H17N5O2. The lowest BCUT2D eigenvalue weighted by Gasteiger charge is -2.16. The predicted molar refractivity (Wildman–Crippen MR) is 89.7 cm³/mol. The second-order valence-corrected chi connectivity index (χ2v) is 5.16. The van der Waals surface area contributed by atoms with Gasteiger partial charge >= 0.3 is 0 Å². The van der Waals surface area contributed by atoms with Crippen LogP contribution >= 0.6 is 0 Å². The van der Waals surface area contributed by atoms with Gasteiger partial charge in [-0.05, 0) is 41.6 Å². The van der Waals surface area contributed by atoms with Crippen LogP contribution in [-0.4, -0.2) is 40.3 Å². The van der Waals surface area contributed by atoms with Gasteiger partial charge in [0.05, 0.1) is 7.11 Å². The van der Waals surface area contributed by atoms with Gasteiger partial charge in [-0.2, -0.15) is 4.80 Å². The number of likely N-dealkylation sites (N-methyl/N-ethyl adjacent to an activating group) is 1. The Labute approximate surface area is 139 Å². The summed E-state index contributed by atoms with van der Waals surface area (Å²) in [6.07, 6.45) is 0. The van der Waals surface area contributed by atoms with Crippen molar-refractivity contribution < 1.29 is 9.53 Å². The molecule has 2 aromatic carbocycles. The second-order valence-electron chi connectivity index (χ2n) is 5.16. The van der Waals surface area contributed by atoms with Gasteiger partial charge in [0.25, 0.3) is 0 Å². The Morgan fingerprint density at radius 3 is 2.50 bits per heavy atom. The molecule has 0 aliphatic carbocycles. The van der Waals surface area contributed by atoms with Crippen molar-refractivity contribution in [1.29, 1.82) is 0 Å². The molecule has 122 valence electrons. The lowest BCUT2D eigenvalue weighted by Crippen LogP contribution is -2.30. The Balaban J connectivity index is 1.70. The van der Waals surface area contributed by atoms with Gasteiger partial charge in [0.2, 0.25) is 11.7 Å². The molecule has 3 aromatic rings. The van der Waals surface area contributed by atoms with E-state index in [1.54, 1.807) is 19.1 Å². The Morgan fingerprint density at radius 1 is 1.12 bits per heavy atom. The first-order valence-corrected chi connectivity index (χ1v) is 7.41. The Hall–Kier alpha value is -3.22. The standard InChI is InChI=1S/C17H17N5O2/c1-21(14-6-4-3-5-7-14)16(23)12-22-19-17(18-20-22)13-8-10-15(24-2)11-9-13/h3-11H,12H2,1-2H3. The molecule has 24 heavy (non-hydrogen) atoms. The Bertz CT molecular complexity index is 815. The maximum absolute atomic E-state index is 12.3. The molecule has 0 unspecified atom stereocenters. The number of amides is 1. The average Bonchev–Trinajstić information content (AvgIpc) is 3.10. The molecule has 7 heteroatoms. The summed E-state index contributed by atoms with van der Waals surface area (Å²) in [6, 6.07) is 16.8. The summed E-state index contributed by atoms with van der Waals surface area (Å²) in [6.45, 7) is 0.0224. The highest BCUT2D eigenvalue weighted by molar-refractivity contribution is 5.92. The van der Waals surface area contributed by atoms with E-state index in [2.05, 4.69) is 15.4 Å². The smallest absolute Gasteiger partial charge is 0.250 e. The van der Waals surface area contributed by atoms with E-state index in [9.17, 15) is 4.79 Å². The second kappa shape index (κ2) is 6.91. The lowest BCUT2D eigenvalue weighted by molar-refractivity contribution is -0.119. The number of ether oxygens (including phenoxy) is 1. The number of carbonyl (C=O) groups is 1. The highest BCUT2D eigenvalue weighted by Crippen LogP contribution is 2.18. The molecule has 0 N–H and O–H groups in total. The number of anilines is 1. The van der Waals surface area contributed by atoms with E-state index in [1.807, 2.05) is 54.6 Å². The molecule has 1 amide bonds. The minimum Gasteiger partial charge on any atom is -0.497 e. The summed E-state index contributed by atoms with van der Waals surface area (Å²) in [5.74, 6) is 1.10. The number of para-hydroxylation sites is 1. The molecule has 0 saturated carbocycles. The molecule has 0 bridgehead atoms. The van der Waals surface area contributed by atoms with Crippen LogP contribution in [0.5, 0.6) is 5.75 Å². The number of rotatable bonds is 5. The van der Waals surface area contributed by atoms with Crippen LogP contribution in [0, 0.1) is 0 Å². The van der Waals surface area contributed by atoms with E-state index in [0.717, 1.165) is 17.0 Å². The third-order valence-electron chi connectivity index (χ3n) is 3.60. The maximum atomic E-state index is 12.3. The molecule has 1 aromatic heterocycles. The molecule has 0 aliphatic heterocycles. The number of tetrazole rings is 1. The normalized spacial score (nSPS) is 10.4. The van der Waals surface area contributed by atoms with Crippen molar-refractivity contribution in [3.8, 4) is 17.1 Å². The van der Waals surface area contributed by atoms with Crippen molar-refractivity contribution in [2.75, 3.05) is 19.1 Å². The van der Waals surface area contributed by atoms with E-state index < -0.39 is 0 Å². The molecule has 0 radical (unpaired) electrons. The van der Waals surface area contributed by atoms with E-state index in [0.29, 0.717) is 5.82 Å². The first kappa shape index (κ1) is 15.7. The largest absolute Gasteiger partial charge is 0.497 e. The quantitative estimate of drug-likeness (QED) is 0.718. The van der Waals surface area contributed by atoms with Crippen LogP contribution < -0.4 is 9.64 Å². The fraction of sp³-hybridized carbons (Fsp3) is 0.176. The third-order valence-corrected chi connectivity index (χ3v) is 3.60. The summed E-state index contributed by atoms with van der Waals surface area (Å²) in [4.78, 5) is 15.2. The Kier molecular flexibility index (Phi) is 4.51. The van der Waals surface area contributed by atoms with Gasteiger partial charge in [0.15, 0.2) is 0 Å². The van der Waals surface area contributed by atoms with Gasteiger partial charge in [-0.3, -0.25) is 4.79 Å².